The van der Waals surface area contributed by atoms with Crippen molar-refractivity contribution in [1.29, 1.82) is 5.26 Å². The minimum atomic E-state index is -1.14. The van der Waals surface area contributed by atoms with Gasteiger partial charge >= 0.3 is 5.97 Å². The van der Waals surface area contributed by atoms with Gasteiger partial charge in [0.2, 0.25) is 11.8 Å². The number of β-lactam (4-membered cyclic amide) rings is 1. The zero-order chi connectivity index (χ0) is 23.0. The van der Waals surface area contributed by atoms with Gasteiger partial charge in [0.1, 0.15) is 10.9 Å². The molecule has 0 aliphatic carbocycles. The molecule has 7 atom stereocenters. The number of nitriles is 1. The fourth-order valence-corrected chi connectivity index (χ4v) is 7.28. The summed E-state index contributed by atoms with van der Waals surface area (Å²) >= 11 is 2.94. The first-order chi connectivity index (χ1) is 14.6. The van der Waals surface area contributed by atoms with Gasteiger partial charge in [-0.05, 0) is 19.1 Å². The molecule has 0 bridgehead atoms. The molecule has 2 fully saturated rings. The van der Waals surface area contributed by atoms with E-state index < -0.39 is 23.2 Å². The molecule has 3 heterocycles. The Balaban J connectivity index is 1.76. The number of carbonyl (C=O) groups excluding carboxylic acids is 2. The molecule has 11 heteroatoms. The predicted octanol–water partition coefficient (Wildman–Crippen LogP) is 0.665. The molecule has 0 spiro atoms. The average molecular weight is 469 g/mol. The maximum atomic E-state index is 12.6. The Kier molecular flexibility index (Phi) is 7.25. The normalized spacial score (nSPS) is 31.7. The van der Waals surface area contributed by atoms with Gasteiger partial charge in [-0.2, -0.15) is 5.26 Å². The zero-order valence-corrected chi connectivity index (χ0v) is 19.6. The van der Waals surface area contributed by atoms with Crippen molar-refractivity contribution in [3.8, 4) is 6.19 Å². The van der Waals surface area contributed by atoms with Crippen molar-refractivity contribution in [2.75, 3.05) is 19.3 Å². The summed E-state index contributed by atoms with van der Waals surface area (Å²) in [5, 5.41) is 31.8. The van der Waals surface area contributed by atoms with Gasteiger partial charge in [-0.1, -0.05) is 13.8 Å². The van der Waals surface area contributed by atoms with E-state index in [1.807, 2.05) is 20.0 Å². The van der Waals surface area contributed by atoms with Gasteiger partial charge in [-0.3, -0.25) is 14.5 Å². The van der Waals surface area contributed by atoms with Crippen molar-refractivity contribution >= 4 is 41.3 Å². The third-order valence-electron chi connectivity index (χ3n) is 6.16. The zero-order valence-electron chi connectivity index (χ0n) is 17.9. The Morgan fingerprint density at radius 2 is 2.13 bits per heavy atom. The lowest BCUT2D eigenvalue weighted by atomic mass is 9.79. The van der Waals surface area contributed by atoms with Gasteiger partial charge in [0, 0.05) is 35.7 Å². The van der Waals surface area contributed by atoms with Crippen LogP contribution < -0.4 is 5.32 Å². The van der Waals surface area contributed by atoms with E-state index >= 15 is 0 Å². The fourth-order valence-electron chi connectivity index (χ4n) is 4.69. The molecule has 0 aromatic carbocycles. The molecule has 2 amide bonds. The lowest BCUT2D eigenvalue weighted by Crippen LogP contribution is -2.63. The van der Waals surface area contributed by atoms with Crippen LogP contribution >= 0.6 is 23.5 Å². The molecule has 3 rings (SSSR count). The lowest BCUT2D eigenvalue weighted by Gasteiger charge is -2.46. The number of thioether (sulfide) groups is 2. The Labute approximate surface area is 190 Å². The third kappa shape index (κ3) is 4.18. The lowest BCUT2D eigenvalue weighted by molar-refractivity contribution is -0.163. The van der Waals surface area contributed by atoms with E-state index in [-0.39, 0.29) is 40.8 Å². The van der Waals surface area contributed by atoms with Crippen molar-refractivity contribution in [1.82, 2.24) is 15.1 Å². The number of nitrogens with zero attached hydrogens (tertiary/aromatic N) is 3. The highest BCUT2D eigenvalue weighted by Crippen LogP contribution is 2.52. The van der Waals surface area contributed by atoms with Gasteiger partial charge in [-0.25, -0.2) is 4.79 Å². The second-order valence-electron chi connectivity index (χ2n) is 8.14. The van der Waals surface area contributed by atoms with E-state index in [0.717, 1.165) is 10.7 Å². The molecular weight excluding hydrogens is 440 g/mol. The SMILES string of the molecule is CCSC(C(=O)N(C)C#N)[C@@H]1C[C@H](SC2=C(C(=O)O)N3C(=O)[C@H]([C@@H](C)O)[C@H]3[C@H]2C)CN1. The van der Waals surface area contributed by atoms with E-state index in [4.69, 9.17) is 5.26 Å². The molecule has 2 saturated heterocycles. The maximum absolute atomic E-state index is 12.6. The minimum Gasteiger partial charge on any atom is -0.477 e. The monoisotopic (exact) mass is 468 g/mol. The number of carboxylic acid groups (broad SMARTS) is 1. The van der Waals surface area contributed by atoms with Crippen molar-refractivity contribution < 1.29 is 24.6 Å². The van der Waals surface area contributed by atoms with Crippen molar-refractivity contribution in [2.24, 2.45) is 11.8 Å². The van der Waals surface area contributed by atoms with Crippen LogP contribution in [0.1, 0.15) is 27.2 Å². The summed E-state index contributed by atoms with van der Waals surface area (Å²) in [7, 11) is 1.46. The van der Waals surface area contributed by atoms with E-state index in [0.29, 0.717) is 17.9 Å². The van der Waals surface area contributed by atoms with E-state index in [1.165, 1.54) is 35.5 Å². The van der Waals surface area contributed by atoms with Crippen LogP contribution in [0.3, 0.4) is 0 Å². The second-order valence-corrected chi connectivity index (χ2v) is 10.9. The summed E-state index contributed by atoms with van der Waals surface area (Å²) in [5.74, 6) is -1.75. The Morgan fingerprint density at radius 3 is 2.68 bits per heavy atom. The van der Waals surface area contributed by atoms with Crippen LogP contribution in [-0.2, 0) is 14.4 Å². The van der Waals surface area contributed by atoms with Gasteiger partial charge in [0.15, 0.2) is 6.19 Å². The Morgan fingerprint density at radius 1 is 1.45 bits per heavy atom. The highest BCUT2D eigenvalue weighted by atomic mass is 32.2. The highest BCUT2D eigenvalue weighted by molar-refractivity contribution is 8.03. The van der Waals surface area contributed by atoms with Crippen LogP contribution in [-0.4, -0.2) is 85.8 Å². The largest absolute Gasteiger partial charge is 0.477 e. The average Bonchev–Trinajstić information content (AvgIpc) is 3.26. The van der Waals surface area contributed by atoms with Gasteiger partial charge < -0.3 is 20.4 Å². The second kappa shape index (κ2) is 9.40. The summed E-state index contributed by atoms with van der Waals surface area (Å²) in [6.07, 6.45) is 1.68. The first-order valence-corrected chi connectivity index (χ1v) is 12.2. The molecule has 3 N–H and O–H groups in total. The van der Waals surface area contributed by atoms with Crippen LogP contribution in [0.25, 0.3) is 0 Å². The number of hydrogen-bond acceptors (Lipinski definition) is 8. The van der Waals surface area contributed by atoms with Gasteiger partial charge in [0.25, 0.3) is 0 Å². The number of aliphatic hydroxyl groups excluding tert-OH is 1. The highest BCUT2D eigenvalue weighted by Gasteiger charge is 2.60. The molecule has 9 nitrogen and oxygen atoms in total. The van der Waals surface area contributed by atoms with Gasteiger partial charge in [0.05, 0.1) is 18.1 Å². The topological polar surface area (TPSA) is 134 Å². The summed E-state index contributed by atoms with van der Waals surface area (Å²) in [6.45, 7) is 6.02. The number of aliphatic hydroxyl groups is 1. The first kappa shape index (κ1) is 23.9. The standard InChI is InChI=1S/C20H28N4O5S2/c1-5-30-17(19(27)23(4)8-21)12-6-11(7-22-12)31-16-9(2)14-13(10(3)25)18(26)24(14)15(16)20(28)29/h9-14,17,22,25H,5-7H2,1-4H3,(H,28,29)/t9-,10-,11+,12+,13-,14-,17?/m1/s1. The molecule has 0 radical (unpaired) electrons. The first-order valence-electron chi connectivity index (χ1n) is 10.3. The number of fused-ring (bicyclic) bond motifs is 1. The minimum absolute atomic E-state index is 0.0209. The van der Waals surface area contributed by atoms with Crippen molar-refractivity contribution in [3.63, 3.8) is 0 Å². The smallest absolute Gasteiger partial charge is 0.353 e. The number of amides is 2. The molecule has 1 unspecified atom stereocenters. The molecule has 0 saturated carbocycles. The Hall–Kier alpha value is -1.74. The van der Waals surface area contributed by atoms with Crippen molar-refractivity contribution in [2.45, 2.75) is 55.9 Å². The molecule has 0 aromatic rings. The Bertz CT molecular complexity index is 842. The summed E-state index contributed by atoms with van der Waals surface area (Å²) < 4.78 is 0. The summed E-state index contributed by atoms with van der Waals surface area (Å²) in [6, 6.07) is -0.458. The number of nitrogens with one attached hydrogen (secondary N) is 1. The van der Waals surface area contributed by atoms with Crippen LogP contribution in [0.2, 0.25) is 0 Å². The van der Waals surface area contributed by atoms with Crippen LogP contribution in [0.5, 0.6) is 0 Å². The number of carboxylic acids is 1. The predicted molar refractivity (Wildman–Crippen MR) is 118 cm³/mol. The molecule has 170 valence electrons. The van der Waals surface area contributed by atoms with Gasteiger partial charge in [-0.15, -0.1) is 23.5 Å². The summed E-state index contributed by atoms with van der Waals surface area (Å²) in [5.41, 5.74) is 0.0209. The molecule has 31 heavy (non-hydrogen) atoms. The fraction of sp³-hybridized carbons (Fsp3) is 0.700. The van der Waals surface area contributed by atoms with Crippen LogP contribution in [0.15, 0.2) is 10.6 Å². The molecule has 3 aliphatic rings. The molecule has 3 aliphatic heterocycles. The van der Waals surface area contributed by atoms with Crippen molar-refractivity contribution in [3.05, 3.63) is 10.6 Å². The van der Waals surface area contributed by atoms with E-state index in [1.54, 1.807) is 6.92 Å². The maximum Gasteiger partial charge on any atom is 0.353 e. The van der Waals surface area contributed by atoms with E-state index in [9.17, 15) is 24.6 Å². The number of hydrogen-bond donors (Lipinski definition) is 3. The molecular formula is C20H28N4O5S2. The number of carbonyl (C=O) groups is 3. The quantitative estimate of drug-likeness (QED) is 0.267. The van der Waals surface area contributed by atoms with Crippen LogP contribution in [0, 0.1) is 23.3 Å². The van der Waals surface area contributed by atoms with Crippen LogP contribution in [0.4, 0.5) is 0 Å². The molecule has 0 aromatic heterocycles. The number of aliphatic carboxylic acids is 1. The van der Waals surface area contributed by atoms with E-state index in [2.05, 4.69) is 5.32 Å². The summed E-state index contributed by atoms with van der Waals surface area (Å²) in [4.78, 5) is 40.1. The third-order valence-corrected chi connectivity index (χ3v) is 8.90. The number of rotatable bonds is 8.